The highest BCUT2D eigenvalue weighted by atomic mass is 16.5. The van der Waals surface area contributed by atoms with Gasteiger partial charge in [0.15, 0.2) is 5.78 Å². The van der Waals surface area contributed by atoms with Crippen molar-refractivity contribution in [2.45, 2.75) is 26.7 Å². The first-order valence-corrected chi connectivity index (χ1v) is 6.24. The van der Waals surface area contributed by atoms with E-state index in [9.17, 15) is 4.79 Å². The molecule has 5 nitrogen and oxygen atoms in total. The molecule has 0 spiro atoms. The Morgan fingerprint density at radius 1 is 1.26 bits per heavy atom. The molecule has 1 heterocycles. The maximum Gasteiger partial charge on any atom is 0.247 e. The predicted octanol–water partition coefficient (Wildman–Crippen LogP) is 2.66. The van der Waals surface area contributed by atoms with Gasteiger partial charge in [0.2, 0.25) is 11.8 Å². The molecule has 0 aliphatic heterocycles. The van der Waals surface area contributed by atoms with E-state index in [1.807, 2.05) is 12.1 Å². The number of benzene rings is 1. The summed E-state index contributed by atoms with van der Waals surface area (Å²) in [6.07, 6.45) is 1.76. The molecule has 1 aromatic heterocycles. The highest BCUT2D eigenvalue weighted by Gasteiger charge is 2.08. The van der Waals surface area contributed by atoms with Crippen molar-refractivity contribution in [3.63, 3.8) is 0 Å². The van der Waals surface area contributed by atoms with Crippen molar-refractivity contribution in [3.8, 4) is 17.2 Å². The Morgan fingerprint density at radius 3 is 2.63 bits per heavy atom. The Bertz CT molecular complexity index is 546. The molecule has 19 heavy (non-hydrogen) atoms. The Balaban J connectivity index is 2.06. The van der Waals surface area contributed by atoms with Gasteiger partial charge < -0.3 is 9.15 Å². The zero-order valence-electron chi connectivity index (χ0n) is 11.0. The molecular weight excluding hydrogens is 244 g/mol. The lowest BCUT2D eigenvalue weighted by Gasteiger charge is -2.03. The Kier molecular flexibility index (Phi) is 4.28. The van der Waals surface area contributed by atoms with Crippen LogP contribution < -0.4 is 4.74 Å². The second kappa shape index (κ2) is 6.13. The van der Waals surface area contributed by atoms with Gasteiger partial charge in [0, 0.05) is 12.0 Å². The molecule has 0 amide bonds. The molecule has 1 aromatic carbocycles. The van der Waals surface area contributed by atoms with Crippen LogP contribution in [0.4, 0.5) is 0 Å². The first kappa shape index (κ1) is 13.3. The lowest BCUT2D eigenvalue weighted by Crippen LogP contribution is -2.06. The molecule has 0 aliphatic carbocycles. The van der Waals surface area contributed by atoms with Crippen molar-refractivity contribution in [1.29, 1.82) is 0 Å². The number of rotatable bonds is 6. The van der Waals surface area contributed by atoms with Gasteiger partial charge in [-0.1, -0.05) is 6.92 Å². The number of carbonyl (C=O) groups is 1. The summed E-state index contributed by atoms with van der Waals surface area (Å²) in [5.41, 5.74) is 0.838. The summed E-state index contributed by atoms with van der Waals surface area (Å²) in [6.45, 7) is 3.63. The number of hydrogen-bond acceptors (Lipinski definition) is 5. The van der Waals surface area contributed by atoms with Crippen LogP contribution in [0.5, 0.6) is 5.75 Å². The summed E-state index contributed by atoms with van der Waals surface area (Å²) in [7, 11) is 0. The predicted molar refractivity (Wildman–Crippen MR) is 69.9 cm³/mol. The SMILES string of the molecule is CCCc1nnc(-c2ccc(OCC(C)=O)cc2)o1. The zero-order chi connectivity index (χ0) is 13.7. The number of Topliss-reactive ketones (excluding diaryl/α,β-unsaturated/α-hetero) is 1. The molecule has 0 radical (unpaired) electrons. The summed E-state index contributed by atoms with van der Waals surface area (Å²) >= 11 is 0. The van der Waals surface area contributed by atoms with Crippen molar-refractivity contribution >= 4 is 5.78 Å². The number of hydrogen-bond donors (Lipinski definition) is 0. The molecule has 100 valence electrons. The van der Waals surface area contributed by atoms with Crippen LogP contribution in [0.25, 0.3) is 11.5 Å². The van der Waals surface area contributed by atoms with Crippen LogP contribution in [0.2, 0.25) is 0 Å². The molecule has 0 atom stereocenters. The molecule has 0 N–H and O–H groups in total. The number of aryl methyl sites for hydroxylation is 1. The molecule has 5 heteroatoms. The van der Waals surface area contributed by atoms with E-state index in [1.165, 1.54) is 6.92 Å². The molecule has 0 fully saturated rings. The van der Waals surface area contributed by atoms with Crippen LogP contribution in [0.1, 0.15) is 26.2 Å². The highest BCUT2D eigenvalue weighted by molar-refractivity contribution is 5.77. The smallest absolute Gasteiger partial charge is 0.247 e. The third-order valence-electron chi connectivity index (χ3n) is 2.47. The van der Waals surface area contributed by atoms with Gasteiger partial charge in [-0.25, -0.2) is 0 Å². The third kappa shape index (κ3) is 3.64. The van der Waals surface area contributed by atoms with E-state index in [2.05, 4.69) is 17.1 Å². The van der Waals surface area contributed by atoms with Crippen molar-refractivity contribution < 1.29 is 13.9 Å². The largest absolute Gasteiger partial charge is 0.486 e. The van der Waals surface area contributed by atoms with E-state index in [4.69, 9.17) is 9.15 Å². The number of aromatic nitrogens is 2. The van der Waals surface area contributed by atoms with Crippen LogP contribution in [0, 0.1) is 0 Å². The number of nitrogens with zero attached hydrogens (tertiary/aromatic N) is 2. The first-order chi connectivity index (χ1) is 9.19. The molecule has 2 aromatic rings. The maximum atomic E-state index is 10.8. The van der Waals surface area contributed by atoms with Gasteiger partial charge in [0.25, 0.3) is 0 Å². The highest BCUT2D eigenvalue weighted by Crippen LogP contribution is 2.21. The average molecular weight is 260 g/mol. The fourth-order valence-electron chi connectivity index (χ4n) is 1.56. The van der Waals surface area contributed by atoms with Crippen molar-refractivity contribution in [2.75, 3.05) is 6.61 Å². The monoisotopic (exact) mass is 260 g/mol. The Morgan fingerprint density at radius 2 is 2.00 bits per heavy atom. The molecule has 0 saturated carbocycles. The second-order valence-electron chi connectivity index (χ2n) is 4.27. The van der Waals surface area contributed by atoms with E-state index in [0.717, 1.165) is 18.4 Å². The third-order valence-corrected chi connectivity index (χ3v) is 2.47. The van der Waals surface area contributed by atoms with E-state index >= 15 is 0 Å². The van der Waals surface area contributed by atoms with Gasteiger partial charge in [-0.2, -0.15) is 0 Å². The summed E-state index contributed by atoms with van der Waals surface area (Å²) < 4.78 is 10.8. The van der Waals surface area contributed by atoms with Gasteiger partial charge in [0.1, 0.15) is 12.4 Å². The minimum Gasteiger partial charge on any atom is -0.486 e. The molecule has 0 unspecified atom stereocenters. The van der Waals surface area contributed by atoms with Crippen molar-refractivity contribution in [1.82, 2.24) is 10.2 Å². The van der Waals surface area contributed by atoms with E-state index in [-0.39, 0.29) is 12.4 Å². The van der Waals surface area contributed by atoms with Gasteiger partial charge in [0.05, 0.1) is 0 Å². The van der Waals surface area contributed by atoms with Crippen molar-refractivity contribution in [2.24, 2.45) is 0 Å². The second-order valence-corrected chi connectivity index (χ2v) is 4.27. The number of ketones is 1. The Labute approximate surface area is 111 Å². The van der Waals surface area contributed by atoms with Gasteiger partial charge in [-0.3, -0.25) is 4.79 Å². The normalized spacial score (nSPS) is 10.4. The van der Waals surface area contributed by atoms with Crippen LogP contribution in [0.3, 0.4) is 0 Å². The quantitative estimate of drug-likeness (QED) is 0.798. The van der Waals surface area contributed by atoms with E-state index in [0.29, 0.717) is 17.5 Å². The first-order valence-electron chi connectivity index (χ1n) is 6.24. The maximum absolute atomic E-state index is 10.8. The van der Waals surface area contributed by atoms with Gasteiger partial charge >= 0.3 is 0 Å². The molecule has 0 saturated heterocycles. The molecule has 0 aliphatic rings. The van der Waals surface area contributed by atoms with Gasteiger partial charge in [-0.05, 0) is 37.6 Å². The molecular formula is C14H16N2O3. The lowest BCUT2D eigenvalue weighted by molar-refractivity contribution is -0.118. The standard InChI is InChI=1S/C14H16N2O3/c1-3-4-13-15-16-14(19-13)11-5-7-12(8-6-11)18-9-10(2)17/h5-8H,3-4,9H2,1-2H3. The minimum absolute atomic E-state index is 0.00909. The number of carbonyl (C=O) groups excluding carboxylic acids is 1. The van der Waals surface area contributed by atoms with Gasteiger partial charge in [-0.15, -0.1) is 10.2 Å². The minimum atomic E-state index is -0.00909. The van der Waals surface area contributed by atoms with E-state index < -0.39 is 0 Å². The van der Waals surface area contributed by atoms with Crippen LogP contribution in [-0.2, 0) is 11.2 Å². The topological polar surface area (TPSA) is 65.2 Å². The fraction of sp³-hybridized carbons (Fsp3) is 0.357. The number of ether oxygens (including phenoxy) is 1. The Hall–Kier alpha value is -2.17. The summed E-state index contributed by atoms with van der Waals surface area (Å²) in [4.78, 5) is 10.8. The average Bonchev–Trinajstić information content (AvgIpc) is 2.86. The van der Waals surface area contributed by atoms with Crippen LogP contribution in [-0.4, -0.2) is 22.6 Å². The molecule has 2 rings (SSSR count). The summed E-state index contributed by atoms with van der Waals surface area (Å²) in [6, 6.07) is 7.22. The summed E-state index contributed by atoms with van der Waals surface area (Å²) in [5.74, 6) is 1.79. The van der Waals surface area contributed by atoms with Crippen molar-refractivity contribution in [3.05, 3.63) is 30.2 Å². The lowest BCUT2D eigenvalue weighted by atomic mass is 10.2. The molecule has 0 bridgehead atoms. The van der Waals surface area contributed by atoms with Crippen LogP contribution >= 0.6 is 0 Å². The van der Waals surface area contributed by atoms with E-state index in [1.54, 1.807) is 12.1 Å². The zero-order valence-corrected chi connectivity index (χ0v) is 11.0. The summed E-state index contributed by atoms with van der Waals surface area (Å²) in [5, 5.41) is 7.97. The van der Waals surface area contributed by atoms with Crippen LogP contribution in [0.15, 0.2) is 28.7 Å². The fourth-order valence-corrected chi connectivity index (χ4v) is 1.56.